The Bertz CT molecular complexity index is 817. The smallest absolute Gasteiger partial charge is 0.426 e. The minimum absolute atomic E-state index is 0.337. The quantitative estimate of drug-likeness (QED) is 0.419. The average molecular weight is 422 g/mol. The van der Waals surface area contributed by atoms with Crippen molar-refractivity contribution >= 4 is 17.6 Å². The van der Waals surface area contributed by atoms with E-state index >= 15 is 0 Å². The van der Waals surface area contributed by atoms with E-state index in [0.29, 0.717) is 6.08 Å². The van der Waals surface area contributed by atoms with Gasteiger partial charge in [-0.2, -0.15) is 13.2 Å². The molecular formula is C16H10ClF8O2-. The second-order valence-electron chi connectivity index (χ2n) is 6.70. The van der Waals surface area contributed by atoms with Crippen LogP contribution in [0, 0.1) is 45.8 Å². The summed E-state index contributed by atoms with van der Waals surface area (Å²) in [5.74, 6) is -15.1. The molecule has 1 aromatic rings. The predicted octanol–water partition coefficient (Wildman–Crippen LogP) is 4.00. The fourth-order valence-electron chi connectivity index (χ4n) is 3.37. The number of benzene rings is 1. The van der Waals surface area contributed by atoms with E-state index in [1.807, 2.05) is 0 Å². The van der Waals surface area contributed by atoms with Gasteiger partial charge in [0.2, 0.25) is 5.82 Å². The third-order valence-corrected chi connectivity index (χ3v) is 5.42. The number of hydrogen-bond acceptors (Lipinski definition) is 2. The molecule has 2 nitrogen and oxygen atoms in total. The standard InChI is InChI=1S/C16H11ClF8O2/c1-14(2)6(3-7(17)16(23,24)25)15(14,13(26)27)4-5-8(18)10(20)12(22)11(21)9(5)19/h3,6H,4H2,1-2H3,(H,26,27)/p-1. The fraction of sp³-hybridized carbons (Fsp3) is 0.438. The predicted molar refractivity (Wildman–Crippen MR) is 74.6 cm³/mol. The van der Waals surface area contributed by atoms with Crippen LogP contribution in [-0.2, 0) is 11.2 Å². The molecule has 0 spiro atoms. The molecule has 2 rings (SSSR count). The van der Waals surface area contributed by atoms with Crippen LogP contribution in [0.25, 0.3) is 0 Å². The second kappa shape index (κ2) is 6.35. The molecule has 0 aliphatic heterocycles. The Hall–Kier alpha value is -1.84. The van der Waals surface area contributed by atoms with Crippen LogP contribution in [-0.4, -0.2) is 12.1 Å². The van der Waals surface area contributed by atoms with Crippen molar-refractivity contribution < 1.29 is 45.0 Å². The van der Waals surface area contributed by atoms with Crippen LogP contribution in [0.2, 0.25) is 0 Å². The molecule has 0 heterocycles. The minimum atomic E-state index is -5.01. The summed E-state index contributed by atoms with van der Waals surface area (Å²) in [5.41, 5.74) is -5.39. The van der Waals surface area contributed by atoms with Gasteiger partial charge in [0.05, 0.1) is 0 Å². The van der Waals surface area contributed by atoms with Crippen molar-refractivity contribution in [2.75, 3.05) is 0 Å². The van der Waals surface area contributed by atoms with E-state index in [2.05, 4.69) is 0 Å². The molecule has 0 radical (unpaired) electrons. The number of alkyl halides is 3. The first kappa shape index (κ1) is 21.5. The molecule has 27 heavy (non-hydrogen) atoms. The largest absolute Gasteiger partial charge is 0.549 e. The van der Waals surface area contributed by atoms with Crippen molar-refractivity contribution in [3.05, 3.63) is 45.8 Å². The van der Waals surface area contributed by atoms with Crippen LogP contribution in [0.1, 0.15) is 19.4 Å². The molecule has 0 amide bonds. The zero-order valence-electron chi connectivity index (χ0n) is 13.6. The summed E-state index contributed by atoms with van der Waals surface area (Å²) in [6.07, 6.45) is -5.96. The summed E-state index contributed by atoms with van der Waals surface area (Å²) in [5, 5.41) is 9.95. The lowest BCUT2D eigenvalue weighted by Crippen LogP contribution is -2.38. The maximum atomic E-state index is 13.9. The van der Waals surface area contributed by atoms with Crippen molar-refractivity contribution in [3.8, 4) is 0 Å². The zero-order valence-corrected chi connectivity index (χ0v) is 14.3. The molecule has 1 fully saturated rings. The van der Waals surface area contributed by atoms with Crippen LogP contribution < -0.4 is 5.11 Å². The zero-order chi connectivity index (χ0) is 21.1. The van der Waals surface area contributed by atoms with Crippen molar-refractivity contribution in [2.45, 2.75) is 26.4 Å². The summed E-state index contributed by atoms with van der Waals surface area (Å²) >= 11 is 5.09. The van der Waals surface area contributed by atoms with E-state index in [1.54, 1.807) is 0 Å². The lowest BCUT2D eigenvalue weighted by Gasteiger charge is -2.23. The highest BCUT2D eigenvalue weighted by Gasteiger charge is 2.71. The molecule has 0 N–H and O–H groups in total. The van der Waals surface area contributed by atoms with E-state index in [4.69, 9.17) is 11.6 Å². The molecule has 11 heteroatoms. The number of carbonyl (C=O) groups is 1. The first-order valence-electron chi connectivity index (χ1n) is 7.27. The van der Waals surface area contributed by atoms with Crippen molar-refractivity contribution in [1.82, 2.24) is 0 Å². The Morgan fingerprint density at radius 3 is 1.81 bits per heavy atom. The summed E-state index contributed by atoms with van der Waals surface area (Å²) in [6, 6.07) is 0. The van der Waals surface area contributed by atoms with Crippen molar-refractivity contribution in [3.63, 3.8) is 0 Å². The highest BCUT2D eigenvalue weighted by Crippen LogP contribution is 2.71. The lowest BCUT2D eigenvalue weighted by atomic mass is 9.87. The van der Waals surface area contributed by atoms with Gasteiger partial charge in [0, 0.05) is 16.9 Å². The van der Waals surface area contributed by atoms with Crippen LogP contribution in [0.15, 0.2) is 11.1 Å². The highest BCUT2D eigenvalue weighted by atomic mass is 35.5. The highest BCUT2D eigenvalue weighted by molar-refractivity contribution is 6.30. The molecule has 0 aromatic heterocycles. The first-order chi connectivity index (χ1) is 12.1. The summed E-state index contributed by atoms with van der Waals surface area (Å²) in [7, 11) is 0. The number of halogens is 9. The molecular weight excluding hydrogens is 412 g/mol. The topological polar surface area (TPSA) is 40.1 Å². The van der Waals surface area contributed by atoms with E-state index in [-0.39, 0.29) is 0 Å². The average Bonchev–Trinajstić information content (AvgIpc) is 3.02. The van der Waals surface area contributed by atoms with Gasteiger partial charge in [-0.3, -0.25) is 0 Å². The van der Waals surface area contributed by atoms with Gasteiger partial charge >= 0.3 is 6.18 Å². The Labute approximate surface area is 152 Å². The normalized spacial score (nSPS) is 24.9. The number of aliphatic carboxylic acids is 1. The van der Waals surface area contributed by atoms with Gasteiger partial charge in [0.25, 0.3) is 0 Å². The van der Waals surface area contributed by atoms with E-state index in [9.17, 15) is 45.0 Å². The lowest BCUT2D eigenvalue weighted by molar-refractivity contribution is -0.315. The summed E-state index contributed by atoms with van der Waals surface area (Å²) in [4.78, 5) is 11.6. The summed E-state index contributed by atoms with van der Waals surface area (Å²) in [6.45, 7) is 2.30. The monoisotopic (exact) mass is 421 g/mol. The van der Waals surface area contributed by atoms with Gasteiger partial charge in [-0.1, -0.05) is 31.5 Å². The SMILES string of the molecule is CC1(C)C(C=C(Cl)C(F)(F)F)C1(Cc1c(F)c(F)c(F)c(F)c1F)C(=O)[O-]. The maximum absolute atomic E-state index is 13.9. The van der Waals surface area contributed by atoms with Gasteiger partial charge in [-0.15, -0.1) is 0 Å². The molecule has 0 bridgehead atoms. The second-order valence-corrected chi connectivity index (χ2v) is 7.10. The number of rotatable bonds is 4. The fourth-order valence-corrected chi connectivity index (χ4v) is 3.50. The molecule has 1 saturated carbocycles. The van der Waals surface area contributed by atoms with Gasteiger partial charge in [-0.25, -0.2) is 22.0 Å². The minimum Gasteiger partial charge on any atom is -0.549 e. The number of carboxylic acids is 1. The van der Waals surface area contributed by atoms with Crippen molar-refractivity contribution in [2.24, 2.45) is 16.7 Å². The molecule has 1 aliphatic rings. The van der Waals surface area contributed by atoms with Crippen LogP contribution in [0.4, 0.5) is 35.1 Å². The Morgan fingerprint density at radius 1 is 1.04 bits per heavy atom. The third kappa shape index (κ3) is 3.07. The summed E-state index contributed by atoms with van der Waals surface area (Å²) < 4.78 is 105. The Kier molecular flexibility index (Phi) is 5.05. The number of hydrogen-bond donors (Lipinski definition) is 0. The molecule has 1 aliphatic carbocycles. The number of allylic oxidation sites excluding steroid dienone is 2. The molecule has 150 valence electrons. The molecule has 1 aromatic carbocycles. The number of carboxylic acid groups (broad SMARTS) is 1. The van der Waals surface area contributed by atoms with E-state index in [1.165, 1.54) is 0 Å². The van der Waals surface area contributed by atoms with Crippen molar-refractivity contribution in [1.29, 1.82) is 0 Å². The van der Waals surface area contributed by atoms with Gasteiger partial charge in [0.1, 0.15) is 5.03 Å². The van der Waals surface area contributed by atoms with E-state index < -0.39 is 75.0 Å². The Morgan fingerprint density at radius 2 is 1.44 bits per heavy atom. The van der Waals surface area contributed by atoms with Gasteiger partial charge in [0.15, 0.2) is 23.3 Å². The van der Waals surface area contributed by atoms with Crippen LogP contribution in [0.3, 0.4) is 0 Å². The molecule has 2 unspecified atom stereocenters. The Balaban J connectivity index is 2.60. The van der Waals surface area contributed by atoms with Crippen LogP contribution in [0.5, 0.6) is 0 Å². The van der Waals surface area contributed by atoms with E-state index in [0.717, 1.165) is 13.8 Å². The van der Waals surface area contributed by atoms with Crippen LogP contribution >= 0.6 is 11.6 Å². The first-order valence-corrected chi connectivity index (χ1v) is 7.64. The third-order valence-electron chi connectivity index (χ3n) is 5.08. The van der Waals surface area contributed by atoms with Gasteiger partial charge in [-0.05, 0) is 17.8 Å². The van der Waals surface area contributed by atoms with Gasteiger partial charge < -0.3 is 9.90 Å². The molecule has 0 saturated heterocycles. The maximum Gasteiger partial charge on any atom is 0.426 e. The molecule has 2 atom stereocenters. The number of carbonyl (C=O) groups excluding carboxylic acids is 1.